The molecule has 3 rings (SSSR count). The predicted molar refractivity (Wildman–Crippen MR) is 107 cm³/mol. The largest absolute Gasteiger partial charge is 0.468 e. The van der Waals surface area contributed by atoms with E-state index in [1.165, 1.54) is 25.7 Å². The number of hydrogen-bond donors (Lipinski definition) is 2. The number of hydrogen-bond acceptors (Lipinski definition) is 4. The lowest BCUT2D eigenvalue weighted by molar-refractivity contribution is 0.221. The molecule has 1 aliphatic carbocycles. The minimum absolute atomic E-state index is 0.238. The van der Waals surface area contributed by atoms with E-state index in [4.69, 9.17) is 9.41 Å². The fraction of sp³-hybridized carbons (Fsp3) is 0.750. The third kappa shape index (κ3) is 5.48. The van der Waals surface area contributed by atoms with E-state index in [2.05, 4.69) is 40.3 Å². The predicted octanol–water partition coefficient (Wildman–Crippen LogP) is 2.46. The first-order valence-corrected chi connectivity index (χ1v) is 10.4. The molecule has 0 amide bonds. The van der Waals surface area contributed by atoms with Crippen LogP contribution in [-0.4, -0.2) is 67.6 Å². The first kappa shape index (κ1) is 19.2. The summed E-state index contributed by atoms with van der Waals surface area (Å²) in [6.45, 7) is 11.4. The van der Waals surface area contributed by atoms with Crippen LogP contribution >= 0.6 is 0 Å². The maximum atomic E-state index is 5.70. The molecule has 1 unspecified atom stereocenters. The molecule has 0 radical (unpaired) electrons. The molecule has 2 aliphatic rings. The number of likely N-dealkylation sites (tertiary alicyclic amines) is 1. The van der Waals surface area contributed by atoms with Crippen molar-refractivity contribution in [3.05, 3.63) is 24.2 Å². The number of nitrogens with zero attached hydrogens (tertiary/aromatic N) is 3. The second kappa shape index (κ2) is 9.97. The first-order chi connectivity index (χ1) is 12.8. The number of likely N-dealkylation sites (N-methyl/N-ethyl adjacent to an activating group) is 1. The first-order valence-electron chi connectivity index (χ1n) is 10.4. The third-order valence-electron chi connectivity index (χ3n) is 5.38. The van der Waals surface area contributed by atoms with Crippen LogP contribution in [0.25, 0.3) is 0 Å². The number of rotatable bonds is 10. The molecule has 2 fully saturated rings. The summed E-state index contributed by atoms with van der Waals surface area (Å²) in [6, 6.07) is 5.11. The van der Waals surface area contributed by atoms with Crippen LogP contribution in [0.4, 0.5) is 0 Å². The van der Waals surface area contributed by atoms with Gasteiger partial charge >= 0.3 is 0 Å². The Balaban J connectivity index is 1.55. The number of furan rings is 1. The molecule has 146 valence electrons. The van der Waals surface area contributed by atoms with Crippen molar-refractivity contribution in [2.75, 3.05) is 45.8 Å². The zero-order chi connectivity index (χ0) is 18.2. The highest BCUT2D eigenvalue weighted by atomic mass is 16.3. The van der Waals surface area contributed by atoms with Crippen molar-refractivity contribution in [1.82, 2.24) is 20.4 Å². The van der Waals surface area contributed by atoms with Crippen LogP contribution in [0.2, 0.25) is 0 Å². The highest BCUT2D eigenvalue weighted by Gasteiger charge is 2.27. The lowest BCUT2D eigenvalue weighted by Crippen LogP contribution is -2.42. The van der Waals surface area contributed by atoms with Gasteiger partial charge in [-0.25, -0.2) is 0 Å². The van der Waals surface area contributed by atoms with Crippen molar-refractivity contribution in [3.63, 3.8) is 0 Å². The van der Waals surface area contributed by atoms with Crippen molar-refractivity contribution in [3.8, 4) is 0 Å². The third-order valence-corrected chi connectivity index (χ3v) is 5.38. The van der Waals surface area contributed by atoms with Crippen molar-refractivity contribution < 1.29 is 4.42 Å². The summed E-state index contributed by atoms with van der Waals surface area (Å²) in [7, 11) is 0. The quantitative estimate of drug-likeness (QED) is 0.495. The number of guanidine groups is 1. The van der Waals surface area contributed by atoms with Crippen molar-refractivity contribution in [1.29, 1.82) is 0 Å². The summed E-state index contributed by atoms with van der Waals surface area (Å²) in [6.07, 6.45) is 7.04. The van der Waals surface area contributed by atoms with Crippen LogP contribution < -0.4 is 10.6 Å². The Morgan fingerprint density at radius 3 is 2.73 bits per heavy atom. The fourth-order valence-corrected chi connectivity index (χ4v) is 3.80. The molecule has 0 bridgehead atoms. The van der Waals surface area contributed by atoms with Crippen molar-refractivity contribution in [2.45, 2.75) is 51.6 Å². The van der Waals surface area contributed by atoms with Gasteiger partial charge in [-0.15, -0.1) is 0 Å². The van der Waals surface area contributed by atoms with E-state index in [0.717, 1.165) is 63.6 Å². The van der Waals surface area contributed by atoms with Gasteiger partial charge in [0.1, 0.15) is 5.76 Å². The summed E-state index contributed by atoms with van der Waals surface area (Å²) in [4.78, 5) is 9.93. The number of nitrogens with one attached hydrogen (secondary N) is 2. The molecule has 2 N–H and O–H groups in total. The molecule has 2 heterocycles. The van der Waals surface area contributed by atoms with E-state index in [1.54, 1.807) is 6.26 Å². The van der Waals surface area contributed by atoms with E-state index in [1.807, 2.05) is 6.07 Å². The molecule has 1 aromatic heterocycles. The zero-order valence-electron chi connectivity index (χ0n) is 16.4. The van der Waals surface area contributed by atoms with E-state index >= 15 is 0 Å². The molecule has 1 saturated carbocycles. The van der Waals surface area contributed by atoms with Crippen LogP contribution in [0, 0.1) is 0 Å². The monoisotopic (exact) mass is 361 g/mol. The lowest BCUT2D eigenvalue weighted by atomic mass is 10.2. The van der Waals surface area contributed by atoms with Gasteiger partial charge < -0.3 is 15.1 Å². The molecule has 1 aliphatic heterocycles. The molecule has 1 atom stereocenters. The van der Waals surface area contributed by atoms with Gasteiger partial charge in [0, 0.05) is 25.7 Å². The molecule has 1 aromatic rings. The van der Waals surface area contributed by atoms with Gasteiger partial charge in [0.2, 0.25) is 0 Å². The van der Waals surface area contributed by atoms with Crippen LogP contribution in [-0.2, 0) is 0 Å². The normalized spacial score (nSPS) is 19.9. The summed E-state index contributed by atoms with van der Waals surface area (Å²) >= 11 is 0. The van der Waals surface area contributed by atoms with Gasteiger partial charge in [-0.1, -0.05) is 6.92 Å². The van der Waals surface area contributed by atoms with Gasteiger partial charge in [-0.2, -0.15) is 0 Å². The topological polar surface area (TPSA) is 56.0 Å². The smallest absolute Gasteiger partial charge is 0.191 e. The molecule has 0 aromatic carbocycles. The lowest BCUT2D eigenvalue weighted by Gasteiger charge is -2.25. The van der Waals surface area contributed by atoms with E-state index in [-0.39, 0.29) is 6.04 Å². The highest BCUT2D eigenvalue weighted by molar-refractivity contribution is 5.79. The summed E-state index contributed by atoms with van der Waals surface area (Å²) in [5, 5.41) is 6.89. The van der Waals surface area contributed by atoms with E-state index in [0.29, 0.717) is 0 Å². The maximum Gasteiger partial charge on any atom is 0.191 e. The second-order valence-corrected chi connectivity index (χ2v) is 7.28. The Morgan fingerprint density at radius 2 is 2.12 bits per heavy atom. The summed E-state index contributed by atoms with van der Waals surface area (Å²) in [5.74, 6) is 1.94. The van der Waals surface area contributed by atoms with Gasteiger partial charge in [0.15, 0.2) is 5.96 Å². The Kier molecular flexibility index (Phi) is 7.38. The van der Waals surface area contributed by atoms with E-state index in [9.17, 15) is 0 Å². The van der Waals surface area contributed by atoms with Crippen LogP contribution in [0.15, 0.2) is 27.8 Å². The number of aliphatic imine (C=N–C) groups is 1. The average Bonchev–Trinajstić information content (AvgIpc) is 3.12. The Labute approximate surface area is 158 Å². The Hall–Kier alpha value is -1.53. The molecule has 1 saturated heterocycles. The molecule has 6 heteroatoms. The molecular weight excluding hydrogens is 326 g/mol. The minimum Gasteiger partial charge on any atom is -0.468 e. The molecule has 26 heavy (non-hydrogen) atoms. The van der Waals surface area contributed by atoms with Crippen molar-refractivity contribution in [2.24, 2.45) is 4.99 Å². The zero-order valence-corrected chi connectivity index (χ0v) is 16.4. The van der Waals surface area contributed by atoms with Crippen LogP contribution in [0.5, 0.6) is 0 Å². The van der Waals surface area contributed by atoms with Crippen molar-refractivity contribution >= 4 is 5.96 Å². The molecule has 6 nitrogen and oxygen atoms in total. The van der Waals surface area contributed by atoms with Crippen LogP contribution in [0.3, 0.4) is 0 Å². The van der Waals surface area contributed by atoms with Gasteiger partial charge in [-0.05, 0) is 64.4 Å². The Morgan fingerprint density at radius 1 is 1.31 bits per heavy atom. The highest BCUT2D eigenvalue weighted by Crippen LogP contribution is 2.26. The van der Waals surface area contributed by atoms with E-state index < -0.39 is 0 Å². The molecule has 0 spiro atoms. The molecular formula is C20H35N5O. The maximum absolute atomic E-state index is 5.70. The minimum atomic E-state index is 0.238. The average molecular weight is 362 g/mol. The fourth-order valence-electron chi connectivity index (χ4n) is 3.80. The summed E-state index contributed by atoms with van der Waals surface area (Å²) in [5.41, 5.74) is 0. The van der Waals surface area contributed by atoms with Gasteiger partial charge in [0.05, 0.1) is 18.8 Å². The van der Waals surface area contributed by atoms with Crippen LogP contribution in [0.1, 0.15) is 51.3 Å². The Bertz CT molecular complexity index is 534. The van der Waals surface area contributed by atoms with Gasteiger partial charge in [-0.3, -0.25) is 14.8 Å². The second-order valence-electron chi connectivity index (χ2n) is 7.28. The summed E-state index contributed by atoms with van der Waals surface area (Å²) < 4.78 is 5.70. The SMILES string of the molecule is CCNC(=NCC(c1ccco1)N1CCCC1)NCCN(CC)C1CC1. The standard InChI is InChI=1S/C20H35N5O/c1-3-21-20(22-11-14-24(4-2)17-9-10-17)23-16-18(19-8-7-15-26-19)25-12-5-6-13-25/h7-8,15,17-18H,3-6,9-14,16H2,1-2H3,(H2,21,22,23). The van der Waals surface area contributed by atoms with Gasteiger partial charge in [0.25, 0.3) is 0 Å².